The Bertz CT molecular complexity index is 415. The number of nitrogens with zero attached hydrogens (tertiary/aromatic N) is 4. The minimum atomic E-state index is -0.885. The molecule has 1 aromatic heterocycles. The van der Waals surface area contributed by atoms with E-state index in [1.165, 1.54) is 16.2 Å². The predicted molar refractivity (Wildman–Crippen MR) is 62.0 cm³/mol. The molecule has 0 spiro atoms. The molecule has 0 radical (unpaired) electrons. The van der Waals surface area contributed by atoms with Gasteiger partial charge in [0.15, 0.2) is 4.47 Å². The van der Waals surface area contributed by atoms with Gasteiger partial charge in [0.2, 0.25) is 0 Å². The van der Waals surface area contributed by atoms with Crippen molar-refractivity contribution in [2.45, 2.75) is 12.8 Å². The Balaban J connectivity index is 2.09. The highest BCUT2D eigenvalue weighted by Gasteiger charge is 2.36. The molecule has 2 heterocycles. The molecule has 1 atom stereocenters. The summed E-state index contributed by atoms with van der Waals surface area (Å²) in [6, 6.07) is 0. The molecule has 0 aliphatic carbocycles. The Morgan fingerprint density at radius 1 is 1.76 bits per heavy atom. The third-order valence-electron chi connectivity index (χ3n) is 2.35. The van der Waals surface area contributed by atoms with Crippen LogP contribution < -0.4 is 0 Å². The van der Waals surface area contributed by atoms with Crippen LogP contribution in [0.3, 0.4) is 0 Å². The molecule has 17 heavy (non-hydrogen) atoms. The lowest BCUT2D eigenvalue weighted by Gasteiger charge is -2.34. The zero-order chi connectivity index (χ0) is 12.4. The van der Waals surface area contributed by atoms with Gasteiger partial charge in [-0.3, -0.25) is 10.1 Å². The fourth-order valence-electron chi connectivity index (χ4n) is 1.70. The van der Waals surface area contributed by atoms with Crippen LogP contribution in [0.15, 0.2) is 5.38 Å². The number of halogens is 1. The van der Waals surface area contributed by atoms with Gasteiger partial charge in [0.1, 0.15) is 13.5 Å². The highest BCUT2D eigenvalue weighted by molar-refractivity contribution is 7.13. The highest BCUT2D eigenvalue weighted by Crippen LogP contribution is 2.19. The van der Waals surface area contributed by atoms with Crippen molar-refractivity contribution in [3.63, 3.8) is 0 Å². The Morgan fingerprint density at radius 3 is 3.12 bits per heavy atom. The lowest BCUT2D eigenvalue weighted by atomic mass is 10.4. The molecule has 0 bridgehead atoms. The molecule has 1 saturated heterocycles. The molecule has 1 unspecified atom stereocenters. The van der Waals surface area contributed by atoms with Crippen molar-refractivity contribution in [1.29, 1.82) is 0 Å². The fourth-order valence-corrected chi connectivity index (χ4v) is 2.47. The van der Waals surface area contributed by atoms with E-state index in [2.05, 4.69) is 4.98 Å². The van der Waals surface area contributed by atoms with Gasteiger partial charge in [0, 0.05) is 5.38 Å². The maximum atomic E-state index is 11.0. The molecule has 0 N–H and O–H groups in total. The smallest absolute Gasteiger partial charge is 0.331 e. The van der Waals surface area contributed by atoms with Gasteiger partial charge in [-0.2, -0.15) is 4.90 Å². The topological polar surface area (TPSA) is 71.7 Å². The maximum absolute atomic E-state index is 11.0. The first kappa shape index (κ1) is 12.7. The summed E-state index contributed by atoms with van der Waals surface area (Å²) in [6.45, 7) is 0.810. The monoisotopic (exact) mass is 278 g/mol. The van der Waals surface area contributed by atoms with Gasteiger partial charge in [-0.25, -0.2) is 9.88 Å². The van der Waals surface area contributed by atoms with Crippen molar-refractivity contribution in [3.8, 4) is 0 Å². The molecule has 0 amide bonds. The number of hydrogen-bond acceptors (Lipinski definition) is 7. The second kappa shape index (κ2) is 5.23. The molecule has 1 aromatic rings. The minimum absolute atomic E-state index is 0.213. The van der Waals surface area contributed by atoms with Crippen molar-refractivity contribution >= 4 is 22.9 Å². The first-order valence-electron chi connectivity index (χ1n) is 4.83. The van der Waals surface area contributed by atoms with Crippen LogP contribution in [0.2, 0.25) is 4.47 Å². The average molecular weight is 279 g/mol. The van der Waals surface area contributed by atoms with Crippen LogP contribution in [0.1, 0.15) is 5.69 Å². The van der Waals surface area contributed by atoms with Gasteiger partial charge in [0.05, 0.1) is 17.2 Å². The van der Waals surface area contributed by atoms with Crippen molar-refractivity contribution in [1.82, 2.24) is 14.8 Å². The molecular formula is C8H11ClN4O3S. The van der Waals surface area contributed by atoms with Crippen LogP contribution in [0, 0.1) is 10.1 Å². The quantitative estimate of drug-likeness (QED) is 0.608. The van der Waals surface area contributed by atoms with Crippen LogP contribution in [-0.2, 0) is 11.3 Å². The molecule has 0 saturated carbocycles. The van der Waals surface area contributed by atoms with Crippen LogP contribution in [0.25, 0.3) is 0 Å². The minimum Gasteiger partial charge on any atom is -0.350 e. The molecule has 1 aliphatic rings. The van der Waals surface area contributed by atoms with Gasteiger partial charge in [-0.1, -0.05) is 11.6 Å². The van der Waals surface area contributed by atoms with E-state index < -0.39 is 6.29 Å². The van der Waals surface area contributed by atoms with Crippen molar-refractivity contribution in [2.24, 2.45) is 0 Å². The zero-order valence-corrected chi connectivity index (χ0v) is 10.6. The number of nitro groups is 1. The second-order valence-corrected chi connectivity index (χ2v) is 5.13. The standard InChI is InChI=1S/C8H11ClN4O3S/c1-11-4-16-5-12(8(11)13(14)15)2-6-3-17-7(9)10-6/h3,8H,2,4-5H2,1H3. The van der Waals surface area contributed by atoms with E-state index in [9.17, 15) is 10.1 Å². The lowest BCUT2D eigenvalue weighted by Crippen LogP contribution is -2.56. The normalized spacial score (nSPS) is 22.8. The van der Waals surface area contributed by atoms with Crippen LogP contribution in [0.5, 0.6) is 0 Å². The Hall–Kier alpha value is -0.800. The number of rotatable bonds is 3. The summed E-state index contributed by atoms with van der Waals surface area (Å²) < 4.78 is 5.68. The van der Waals surface area contributed by atoms with E-state index >= 15 is 0 Å². The summed E-state index contributed by atoms with van der Waals surface area (Å²) in [5, 5.41) is 12.8. The van der Waals surface area contributed by atoms with Gasteiger partial charge in [-0.05, 0) is 7.05 Å². The Morgan fingerprint density at radius 2 is 2.53 bits per heavy atom. The molecule has 1 aliphatic heterocycles. The molecule has 94 valence electrons. The van der Waals surface area contributed by atoms with Crippen LogP contribution >= 0.6 is 22.9 Å². The van der Waals surface area contributed by atoms with Gasteiger partial charge in [0.25, 0.3) is 0 Å². The van der Waals surface area contributed by atoms with Gasteiger partial charge >= 0.3 is 6.29 Å². The van der Waals surface area contributed by atoms with Crippen molar-refractivity contribution in [2.75, 3.05) is 20.5 Å². The van der Waals surface area contributed by atoms with E-state index in [4.69, 9.17) is 16.3 Å². The first-order valence-corrected chi connectivity index (χ1v) is 6.09. The molecule has 7 nitrogen and oxygen atoms in total. The summed E-state index contributed by atoms with van der Waals surface area (Å²) in [5.74, 6) is 0. The van der Waals surface area contributed by atoms with Crippen LogP contribution in [-0.4, -0.2) is 46.5 Å². The fraction of sp³-hybridized carbons (Fsp3) is 0.625. The summed E-state index contributed by atoms with van der Waals surface area (Å²) in [7, 11) is 1.65. The van der Waals surface area contributed by atoms with Gasteiger partial charge in [-0.15, -0.1) is 11.3 Å². The molecule has 2 rings (SSSR count). The number of aromatic nitrogens is 1. The summed E-state index contributed by atoms with van der Waals surface area (Å²) >= 11 is 7.03. The third kappa shape index (κ3) is 2.90. The van der Waals surface area contributed by atoms with Crippen molar-refractivity contribution in [3.05, 3.63) is 25.7 Å². The summed E-state index contributed by atoms with van der Waals surface area (Å²) in [4.78, 5) is 17.8. The first-order chi connectivity index (χ1) is 8.08. The molecule has 9 heteroatoms. The van der Waals surface area contributed by atoms with Gasteiger partial charge < -0.3 is 4.74 Å². The lowest BCUT2D eigenvalue weighted by molar-refractivity contribution is -0.593. The van der Waals surface area contributed by atoms with E-state index in [1.54, 1.807) is 17.3 Å². The molecular weight excluding hydrogens is 268 g/mol. The SMILES string of the molecule is CN1COCN(Cc2csc(Cl)n2)C1[N+](=O)[O-]. The number of hydrogen-bond donors (Lipinski definition) is 0. The predicted octanol–water partition coefficient (Wildman–Crippen LogP) is 1.04. The van der Waals surface area contributed by atoms with Crippen LogP contribution in [0.4, 0.5) is 0 Å². The number of thiazole rings is 1. The van der Waals surface area contributed by atoms with E-state index in [-0.39, 0.29) is 18.4 Å². The third-order valence-corrected chi connectivity index (χ3v) is 3.38. The largest absolute Gasteiger partial charge is 0.350 e. The Kier molecular flexibility index (Phi) is 3.89. The average Bonchev–Trinajstić information content (AvgIpc) is 2.63. The van der Waals surface area contributed by atoms with E-state index in [0.717, 1.165) is 0 Å². The maximum Gasteiger partial charge on any atom is 0.331 e. The molecule has 0 aromatic carbocycles. The zero-order valence-electron chi connectivity index (χ0n) is 9.08. The summed E-state index contributed by atoms with van der Waals surface area (Å²) in [6.07, 6.45) is -0.885. The van der Waals surface area contributed by atoms with Crippen molar-refractivity contribution < 1.29 is 9.66 Å². The van der Waals surface area contributed by atoms with E-state index in [0.29, 0.717) is 16.7 Å². The Labute approximate surface area is 107 Å². The number of ether oxygens (including phenoxy) is 1. The second-order valence-electron chi connectivity index (χ2n) is 3.69. The summed E-state index contributed by atoms with van der Waals surface area (Å²) in [5.41, 5.74) is 0.714. The van der Waals surface area contributed by atoms with E-state index in [1.807, 2.05) is 0 Å². The molecule has 1 fully saturated rings. The highest BCUT2D eigenvalue weighted by atomic mass is 35.5.